The van der Waals surface area contributed by atoms with E-state index in [4.69, 9.17) is 0 Å². The maximum Gasteiger partial charge on any atom is 0.255 e. The highest BCUT2D eigenvalue weighted by Gasteiger charge is 2.21. The molecule has 0 saturated carbocycles. The van der Waals surface area contributed by atoms with Crippen LogP contribution in [0.5, 0.6) is 0 Å². The van der Waals surface area contributed by atoms with Gasteiger partial charge < -0.3 is 4.90 Å². The van der Waals surface area contributed by atoms with Crippen molar-refractivity contribution in [2.24, 2.45) is 5.92 Å². The van der Waals surface area contributed by atoms with Crippen molar-refractivity contribution in [2.75, 3.05) is 7.05 Å². The Bertz CT molecular complexity index is 420. The minimum absolute atomic E-state index is 0.0663. The molecule has 94 valence electrons. The topological polar surface area (TPSA) is 20.3 Å². The first kappa shape index (κ1) is 15.0. The molecule has 1 rings (SSSR count). The number of hydrogen-bond acceptors (Lipinski definition) is 1. The zero-order valence-electron chi connectivity index (χ0n) is 10.5. The summed E-state index contributed by atoms with van der Waals surface area (Å²) in [6.45, 7) is 6.32. The second kappa shape index (κ2) is 6.18. The third kappa shape index (κ3) is 3.68. The predicted octanol–water partition coefficient (Wildman–Crippen LogP) is 4.17. The standard InChI is InChI=1S/C13H17BrINO/c1-8(2)9(3)16(4)13(17)11-7-10(15)5-6-12(11)14/h5-9H,1-4H3. The molecule has 0 bridgehead atoms. The van der Waals surface area contributed by atoms with Crippen LogP contribution in [0.1, 0.15) is 31.1 Å². The molecule has 0 N–H and O–H groups in total. The highest BCUT2D eigenvalue weighted by Crippen LogP contribution is 2.22. The molecule has 0 aliphatic rings. The summed E-state index contributed by atoms with van der Waals surface area (Å²) in [7, 11) is 1.86. The Morgan fingerprint density at radius 1 is 1.35 bits per heavy atom. The second-order valence-corrected chi connectivity index (χ2v) is 6.62. The quantitative estimate of drug-likeness (QED) is 0.686. The molecule has 0 aromatic heterocycles. The van der Waals surface area contributed by atoms with E-state index in [2.05, 4.69) is 59.3 Å². The summed E-state index contributed by atoms with van der Waals surface area (Å²) >= 11 is 5.65. The number of benzene rings is 1. The lowest BCUT2D eigenvalue weighted by molar-refractivity contribution is 0.0706. The van der Waals surface area contributed by atoms with Crippen LogP contribution >= 0.6 is 38.5 Å². The third-order valence-electron chi connectivity index (χ3n) is 3.05. The molecule has 0 aliphatic carbocycles. The minimum Gasteiger partial charge on any atom is -0.339 e. The molecule has 0 spiro atoms. The molecule has 0 saturated heterocycles. The van der Waals surface area contributed by atoms with Crippen molar-refractivity contribution in [1.82, 2.24) is 4.90 Å². The zero-order valence-corrected chi connectivity index (χ0v) is 14.2. The maximum atomic E-state index is 12.4. The van der Waals surface area contributed by atoms with Crippen LogP contribution in [0, 0.1) is 9.49 Å². The van der Waals surface area contributed by atoms with E-state index in [9.17, 15) is 4.79 Å². The van der Waals surface area contributed by atoms with E-state index in [1.54, 1.807) is 4.90 Å². The lowest BCUT2D eigenvalue weighted by atomic mass is 10.0. The Labute approximate surface area is 125 Å². The van der Waals surface area contributed by atoms with Gasteiger partial charge in [-0.2, -0.15) is 0 Å². The Balaban J connectivity index is 3.00. The first-order valence-corrected chi connectivity index (χ1v) is 7.44. The van der Waals surface area contributed by atoms with Crippen LogP contribution < -0.4 is 0 Å². The summed E-state index contributed by atoms with van der Waals surface area (Å²) < 4.78 is 1.92. The van der Waals surface area contributed by atoms with Gasteiger partial charge in [0, 0.05) is 21.1 Å². The van der Waals surface area contributed by atoms with Crippen LogP contribution in [0.25, 0.3) is 0 Å². The molecule has 0 heterocycles. The maximum absolute atomic E-state index is 12.4. The number of halogens is 2. The molecular formula is C13H17BrINO. The average Bonchev–Trinajstić information content (AvgIpc) is 2.29. The fourth-order valence-corrected chi connectivity index (χ4v) is 2.39. The molecule has 17 heavy (non-hydrogen) atoms. The van der Waals surface area contributed by atoms with Gasteiger partial charge in [0.25, 0.3) is 5.91 Å². The summed E-state index contributed by atoms with van der Waals surface area (Å²) in [6, 6.07) is 6.04. The SMILES string of the molecule is CC(C)C(C)N(C)C(=O)c1cc(I)ccc1Br. The van der Waals surface area contributed by atoms with Crippen molar-refractivity contribution in [3.63, 3.8) is 0 Å². The first-order valence-electron chi connectivity index (χ1n) is 5.56. The first-order chi connectivity index (χ1) is 7.84. The Hall–Kier alpha value is -0.100. The van der Waals surface area contributed by atoms with Crippen molar-refractivity contribution >= 4 is 44.4 Å². The van der Waals surface area contributed by atoms with Crippen molar-refractivity contribution < 1.29 is 4.79 Å². The highest BCUT2D eigenvalue weighted by atomic mass is 127. The van der Waals surface area contributed by atoms with E-state index >= 15 is 0 Å². The predicted molar refractivity (Wildman–Crippen MR) is 83.3 cm³/mol. The minimum atomic E-state index is 0.0663. The molecule has 2 nitrogen and oxygen atoms in total. The molecule has 0 radical (unpaired) electrons. The summed E-state index contributed by atoms with van der Waals surface area (Å²) in [4.78, 5) is 14.2. The zero-order chi connectivity index (χ0) is 13.2. The largest absolute Gasteiger partial charge is 0.339 e. The van der Waals surface area contributed by atoms with Gasteiger partial charge in [-0.05, 0) is 69.6 Å². The van der Waals surface area contributed by atoms with Gasteiger partial charge in [0.05, 0.1) is 5.56 Å². The molecule has 1 aromatic carbocycles. The van der Waals surface area contributed by atoms with Gasteiger partial charge in [0.15, 0.2) is 0 Å². The monoisotopic (exact) mass is 409 g/mol. The van der Waals surface area contributed by atoms with E-state index < -0.39 is 0 Å². The van der Waals surface area contributed by atoms with E-state index in [1.165, 1.54) is 0 Å². The smallest absolute Gasteiger partial charge is 0.255 e. The van der Waals surface area contributed by atoms with Crippen molar-refractivity contribution in [3.8, 4) is 0 Å². The number of rotatable bonds is 3. The Kier molecular flexibility index (Phi) is 5.44. The van der Waals surface area contributed by atoms with E-state index in [0.29, 0.717) is 5.92 Å². The summed E-state index contributed by atoms with van der Waals surface area (Å²) in [6.07, 6.45) is 0. The van der Waals surface area contributed by atoms with Crippen LogP contribution in [0.3, 0.4) is 0 Å². The van der Waals surface area contributed by atoms with E-state index in [-0.39, 0.29) is 11.9 Å². The molecule has 1 atom stereocenters. The van der Waals surface area contributed by atoms with Crippen molar-refractivity contribution in [3.05, 3.63) is 31.8 Å². The van der Waals surface area contributed by atoms with Crippen LogP contribution in [-0.4, -0.2) is 23.9 Å². The summed E-state index contributed by atoms with van der Waals surface area (Å²) in [5, 5.41) is 0. The van der Waals surface area contributed by atoms with Gasteiger partial charge in [0.2, 0.25) is 0 Å². The number of nitrogens with zero attached hydrogens (tertiary/aromatic N) is 1. The number of carbonyl (C=O) groups excluding carboxylic acids is 1. The van der Waals surface area contributed by atoms with Crippen LogP contribution in [0.2, 0.25) is 0 Å². The third-order valence-corrected chi connectivity index (χ3v) is 4.42. The van der Waals surface area contributed by atoms with Gasteiger partial charge in [0.1, 0.15) is 0 Å². The Morgan fingerprint density at radius 3 is 2.47 bits per heavy atom. The lowest BCUT2D eigenvalue weighted by Gasteiger charge is -2.28. The molecule has 0 aliphatic heterocycles. The summed E-state index contributed by atoms with van der Waals surface area (Å²) in [5.41, 5.74) is 0.729. The lowest BCUT2D eigenvalue weighted by Crippen LogP contribution is -2.38. The molecule has 1 aromatic rings. The average molecular weight is 410 g/mol. The van der Waals surface area contributed by atoms with E-state index in [0.717, 1.165) is 13.6 Å². The highest BCUT2D eigenvalue weighted by molar-refractivity contribution is 14.1. The van der Waals surface area contributed by atoms with Crippen LogP contribution in [-0.2, 0) is 0 Å². The second-order valence-electron chi connectivity index (χ2n) is 4.52. The van der Waals surface area contributed by atoms with Crippen LogP contribution in [0.4, 0.5) is 0 Å². The Morgan fingerprint density at radius 2 is 1.94 bits per heavy atom. The van der Waals surface area contributed by atoms with Crippen molar-refractivity contribution in [1.29, 1.82) is 0 Å². The molecule has 4 heteroatoms. The van der Waals surface area contributed by atoms with Gasteiger partial charge in [-0.25, -0.2) is 0 Å². The fraction of sp³-hybridized carbons (Fsp3) is 0.462. The number of hydrogen-bond donors (Lipinski definition) is 0. The van der Waals surface area contributed by atoms with Gasteiger partial charge in [-0.15, -0.1) is 0 Å². The van der Waals surface area contributed by atoms with E-state index in [1.807, 2.05) is 25.2 Å². The fourth-order valence-electron chi connectivity index (χ4n) is 1.48. The molecule has 0 fully saturated rings. The molecule has 1 unspecified atom stereocenters. The van der Waals surface area contributed by atoms with Crippen molar-refractivity contribution in [2.45, 2.75) is 26.8 Å². The number of amides is 1. The van der Waals surface area contributed by atoms with Gasteiger partial charge >= 0.3 is 0 Å². The molecular weight excluding hydrogens is 393 g/mol. The summed E-state index contributed by atoms with van der Waals surface area (Å²) in [5.74, 6) is 0.516. The number of carbonyl (C=O) groups is 1. The molecule has 1 amide bonds. The van der Waals surface area contributed by atoms with Gasteiger partial charge in [-0.3, -0.25) is 4.79 Å². The van der Waals surface area contributed by atoms with Crippen LogP contribution in [0.15, 0.2) is 22.7 Å². The normalized spacial score (nSPS) is 12.6. The van der Waals surface area contributed by atoms with Gasteiger partial charge in [-0.1, -0.05) is 13.8 Å².